The molecule has 1 unspecified atom stereocenters. The molecule has 1 rings (SSSR count). The first-order valence-corrected chi connectivity index (χ1v) is 4.72. The lowest BCUT2D eigenvalue weighted by Crippen LogP contribution is -2.26. The number of aldehydes is 1. The van der Waals surface area contributed by atoms with Gasteiger partial charge in [0.15, 0.2) is 17.9 Å². The van der Waals surface area contributed by atoms with Gasteiger partial charge in [-0.15, -0.1) is 0 Å². The summed E-state index contributed by atoms with van der Waals surface area (Å²) in [6.07, 6.45) is 0.493. The van der Waals surface area contributed by atoms with Crippen LogP contribution in [0.2, 0.25) is 0 Å². The smallest absolute Gasteiger partial charge is 0.223 e. The molecule has 1 aromatic carbocycles. The largest absolute Gasteiger partial charge is 0.489 e. The zero-order chi connectivity index (χ0) is 12.1. The Morgan fingerprint density at radius 2 is 2.31 bits per heavy atom. The predicted octanol–water partition coefficient (Wildman–Crippen LogP) is 1.14. The number of hydrogen-bond acceptors (Lipinski definition) is 3. The maximum absolute atomic E-state index is 13.3. The van der Waals surface area contributed by atoms with Gasteiger partial charge in [0.2, 0.25) is 5.91 Å². The Morgan fingerprint density at radius 3 is 2.88 bits per heavy atom. The molecule has 0 bridgehead atoms. The van der Waals surface area contributed by atoms with Crippen molar-refractivity contribution >= 4 is 12.2 Å². The average Bonchev–Trinajstić information content (AvgIpc) is 2.26. The minimum absolute atomic E-state index is 0.0584. The van der Waals surface area contributed by atoms with E-state index in [0.717, 1.165) is 0 Å². The molecule has 1 amide bonds. The van der Waals surface area contributed by atoms with Gasteiger partial charge in [0.1, 0.15) is 0 Å². The monoisotopic (exact) mass is 225 g/mol. The first-order valence-electron chi connectivity index (χ1n) is 4.72. The third kappa shape index (κ3) is 2.79. The van der Waals surface area contributed by atoms with E-state index in [2.05, 4.69) is 0 Å². The van der Waals surface area contributed by atoms with Crippen molar-refractivity contribution in [1.82, 2.24) is 0 Å². The van der Waals surface area contributed by atoms with Crippen molar-refractivity contribution in [1.29, 1.82) is 0 Å². The number of rotatable bonds is 5. The molecule has 16 heavy (non-hydrogen) atoms. The molecule has 0 radical (unpaired) electrons. The summed E-state index contributed by atoms with van der Waals surface area (Å²) in [7, 11) is 0. The number of ether oxygens (including phenoxy) is 1. The topological polar surface area (TPSA) is 69.4 Å². The molecule has 86 valence electrons. The lowest BCUT2D eigenvalue weighted by atomic mass is 10.2. The van der Waals surface area contributed by atoms with Crippen LogP contribution in [0.25, 0.3) is 0 Å². The zero-order valence-corrected chi connectivity index (χ0v) is 8.77. The molecule has 0 heterocycles. The van der Waals surface area contributed by atoms with Gasteiger partial charge < -0.3 is 10.5 Å². The summed E-state index contributed by atoms with van der Waals surface area (Å²) >= 11 is 0. The van der Waals surface area contributed by atoms with Crippen LogP contribution in [-0.2, 0) is 4.79 Å². The van der Waals surface area contributed by atoms with Gasteiger partial charge in [0.25, 0.3) is 0 Å². The summed E-state index contributed by atoms with van der Waals surface area (Å²) in [6.45, 7) is 1.50. The minimum atomic E-state index is -0.638. The van der Waals surface area contributed by atoms with Crippen LogP contribution < -0.4 is 10.5 Å². The van der Waals surface area contributed by atoms with Crippen LogP contribution in [0.5, 0.6) is 5.75 Å². The van der Waals surface area contributed by atoms with E-state index < -0.39 is 17.6 Å². The fourth-order valence-corrected chi connectivity index (χ4v) is 1.06. The van der Waals surface area contributed by atoms with Crippen LogP contribution in [0.15, 0.2) is 18.2 Å². The Morgan fingerprint density at radius 1 is 1.62 bits per heavy atom. The van der Waals surface area contributed by atoms with Gasteiger partial charge in [-0.1, -0.05) is 13.0 Å². The normalized spacial score (nSPS) is 11.9. The second kappa shape index (κ2) is 5.25. The molecule has 0 aromatic heterocycles. The van der Waals surface area contributed by atoms with Crippen LogP contribution in [-0.4, -0.2) is 18.8 Å². The number of amides is 1. The summed E-state index contributed by atoms with van der Waals surface area (Å²) in [4.78, 5) is 21.4. The SMILES string of the molecule is CC(COc1c(F)cccc1C=O)C(N)=O. The highest BCUT2D eigenvalue weighted by Gasteiger charge is 2.13. The van der Waals surface area contributed by atoms with Crippen molar-refractivity contribution in [2.75, 3.05) is 6.61 Å². The second-order valence-electron chi connectivity index (χ2n) is 3.39. The van der Waals surface area contributed by atoms with E-state index in [1.54, 1.807) is 6.92 Å². The van der Waals surface area contributed by atoms with Gasteiger partial charge in [-0.3, -0.25) is 9.59 Å². The van der Waals surface area contributed by atoms with Crippen LogP contribution >= 0.6 is 0 Å². The van der Waals surface area contributed by atoms with Gasteiger partial charge in [-0.25, -0.2) is 4.39 Å². The van der Waals surface area contributed by atoms with E-state index in [-0.39, 0.29) is 17.9 Å². The highest BCUT2D eigenvalue weighted by atomic mass is 19.1. The van der Waals surface area contributed by atoms with E-state index in [1.165, 1.54) is 18.2 Å². The molecule has 2 N–H and O–H groups in total. The lowest BCUT2D eigenvalue weighted by molar-refractivity contribution is -0.122. The van der Waals surface area contributed by atoms with Gasteiger partial charge in [-0.2, -0.15) is 0 Å². The van der Waals surface area contributed by atoms with Crippen molar-refractivity contribution in [2.45, 2.75) is 6.92 Å². The van der Waals surface area contributed by atoms with Gasteiger partial charge in [0.05, 0.1) is 18.1 Å². The van der Waals surface area contributed by atoms with Crippen LogP contribution in [0, 0.1) is 11.7 Å². The highest BCUT2D eigenvalue weighted by molar-refractivity contribution is 5.79. The standard InChI is InChI=1S/C11H12FNO3/c1-7(11(13)15)6-16-10-8(5-14)3-2-4-9(10)12/h2-5,7H,6H2,1H3,(H2,13,15). The zero-order valence-electron chi connectivity index (χ0n) is 8.77. The summed E-state index contributed by atoms with van der Waals surface area (Å²) in [6, 6.07) is 4.01. The predicted molar refractivity (Wildman–Crippen MR) is 55.6 cm³/mol. The lowest BCUT2D eigenvalue weighted by Gasteiger charge is -2.11. The molecule has 0 aliphatic carbocycles. The van der Waals surface area contributed by atoms with Crippen molar-refractivity contribution in [3.8, 4) is 5.75 Å². The molecule has 0 aliphatic rings. The number of para-hydroxylation sites is 1. The maximum atomic E-state index is 13.3. The highest BCUT2D eigenvalue weighted by Crippen LogP contribution is 2.21. The summed E-state index contributed by atoms with van der Waals surface area (Å²) in [5, 5.41) is 0. The number of benzene rings is 1. The number of nitrogens with two attached hydrogens (primary N) is 1. The van der Waals surface area contributed by atoms with Crippen molar-refractivity contribution in [3.63, 3.8) is 0 Å². The molecule has 5 heteroatoms. The number of primary amides is 1. The van der Waals surface area contributed by atoms with Crippen molar-refractivity contribution < 1.29 is 18.7 Å². The Hall–Kier alpha value is -1.91. The molecule has 1 atom stereocenters. The molecule has 0 fully saturated rings. The fraction of sp³-hybridized carbons (Fsp3) is 0.273. The number of carbonyl (C=O) groups is 2. The van der Waals surface area contributed by atoms with E-state index in [0.29, 0.717) is 6.29 Å². The Balaban J connectivity index is 2.80. The summed E-state index contributed by atoms with van der Waals surface area (Å²) < 4.78 is 18.4. The van der Waals surface area contributed by atoms with E-state index in [1.807, 2.05) is 0 Å². The average molecular weight is 225 g/mol. The van der Waals surface area contributed by atoms with Crippen LogP contribution in [0.1, 0.15) is 17.3 Å². The van der Waals surface area contributed by atoms with Crippen molar-refractivity contribution in [2.24, 2.45) is 11.7 Å². The molecule has 0 saturated carbocycles. The quantitative estimate of drug-likeness (QED) is 0.764. The minimum Gasteiger partial charge on any atom is -0.489 e. The van der Waals surface area contributed by atoms with Gasteiger partial charge in [-0.05, 0) is 12.1 Å². The summed E-state index contributed by atoms with van der Waals surface area (Å²) in [5.74, 6) is -1.87. The second-order valence-corrected chi connectivity index (χ2v) is 3.39. The first-order chi connectivity index (χ1) is 7.56. The van der Waals surface area contributed by atoms with E-state index in [9.17, 15) is 14.0 Å². The third-order valence-corrected chi connectivity index (χ3v) is 2.09. The van der Waals surface area contributed by atoms with Crippen LogP contribution in [0.3, 0.4) is 0 Å². The molecule has 4 nitrogen and oxygen atoms in total. The molecular weight excluding hydrogens is 213 g/mol. The first kappa shape index (κ1) is 12.2. The number of halogens is 1. The molecule has 0 saturated heterocycles. The maximum Gasteiger partial charge on any atom is 0.223 e. The van der Waals surface area contributed by atoms with E-state index in [4.69, 9.17) is 10.5 Å². The number of carbonyl (C=O) groups excluding carboxylic acids is 2. The third-order valence-electron chi connectivity index (χ3n) is 2.09. The fourth-order valence-electron chi connectivity index (χ4n) is 1.06. The molecular formula is C11H12FNO3. The van der Waals surface area contributed by atoms with Gasteiger partial charge >= 0.3 is 0 Å². The molecule has 0 aliphatic heterocycles. The van der Waals surface area contributed by atoms with Gasteiger partial charge in [0, 0.05) is 0 Å². The number of hydrogen-bond donors (Lipinski definition) is 1. The Labute approximate surface area is 92.2 Å². The summed E-state index contributed by atoms with van der Waals surface area (Å²) in [5.41, 5.74) is 5.13. The van der Waals surface area contributed by atoms with Crippen molar-refractivity contribution in [3.05, 3.63) is 29.6 Å². The molecule has 1 aromatic rings. The Bertz CT molecular complexity index is 406. The Kier molecular flexibility index (Phi) is 3.99. The molecule has 0 spiro atoms. The van der Waals surface area contributed by atoms with E-state index >= 15 is 0 Å². The van der Waals surface area contributed by atoms with Crippen LogP contribution in [0.4, 0.5) is 4.39 Å².